The molecule has 0 aliphatic heterocycles. The number of para-hydroxylation sites is 1. The van der Waals surface area contributed by atoms with Gasteiger partial charge in [0.1, 0.15) is 12.7 Å². The van der Waals surface area contributed by atoms with Gasteiger partial charge in [-0.15, -0.1) is 11.8 Å². The topological polar surface area (TPSA) is 59.8 Å². The molecule has 0 saturated heterocycles. The second kappa shape index (κ2) is 6.94. The minimum atomic E-state index is 0.0293. The highest BCUT2D eigenvalue weighted by Crippen LogP contribution is 2.24. The quantitative estimate of drug-likeness (QED) is 0.823. The molecule has 5 nitrogen and oxygen atoms in total. The van der Waals surface area contributed by atoms with E-state index in [4.69, 9.17) is 0 Å². The molecule has 0 unspecified atom stereocenters. The zero-order chi connectivity index (χ0) is 13.5. The Morgan fingerprint density at radius 3 is 3.00 bits per heavy atom. The van der Waals surface area contributed by atoms with Gasteiger partial charge in [0.05, 0.1) is 5.69 Å². The molecule has 1 N–H and O–H groups in total. The number of carbonyl (C=O) groups is 1. The Bertz CT molecular complexity index is 527. The van der Waals surface area contributed by atoms with Crippen LogP contribution >= 0.6 is 11.8 Å². The first-order chi connectivity index (χ1) is 9.29. The van der Waals surface area contributed by atoms with Crippen molar-refractivity contribution in [1.29, 1.82) is 0 Å². The molecule has 0 bridgehead atoms. The molecule has 0 radical (unpaired) electrons. The summed E-state index contributed by atoms with van der Waals surface area (Å²) in [5.74, 6) is 0.0293. The summed E-state index contributed by atoms with van der Waals surface area (Å²) in [6.45, 7) is 0.706. The fraction of sp³-hybridized carbons (Fsp3) is 0.308. The number of hydrogen-bond donors (Lipinski definition) is 1. The van der Waals surface area contributed by atoms with Crippen molar-refractivity contribution in [1.82, 2.24) is 14.8 Å². The van der Waals surface area contributed by atoms with Gasteiger partial charge in [-0.2, -0.15) is 5.10 Å². The Hall–Kier alpha value is -1.82. The van der Waals surface area contributed by atoms with E-state index in [9.17, 15) is 4.79 Å². The molecule has 6 heteroatoms. The van der Waals surface area contributed by atoms with Crippen LogP contribution < -0.4 is 5.32 Å². The van der Waals surface area contributed by atoms with Gasteiger partial charge in [0, 0.05) is 17.9 Å². The van der Waals surface area contributed by atoms with E-state index in [1.54, 1.807) is 22.8 Å². The van der Waals surface area contributed by atoms with Crippen molar-refractivity contribution >= 4 is 23.4 Å². The third-order valence-electron chi connectivity index (χ3n) is 2.64. The number of anilines is 1. The van der Waals surface area contributed by atoms with Crippen LogP contribution in [0.15, 0.2) is 41.8 Å². The molecule has 0 saturated carbocycles. The van der Waals surface area contributed by atoms with Crippen LogP contribution in [0, 0.1) is 0 Å². The number of nitrogens with one attached hydrogen (secondary N) is 1. The molecule has 0 aliphatic rings. The van der Waals surface area contributed by atoms with Gasteiger partial charge in [-0.3, -0.25) is 9.48 Å². The van der Waals surface area contributed by atoms with Crippen LogP contribution in [0.5, 0.6) is 0 Å². The molecule has 100 valence electrons. The number of carbonyl (C=O) groups excluding carboxylic acids is 1. The zero-order valence-corrected chi connectivity index (χ0v) is 11.6. The second-order valence-corrected chi connectivity index (χ2v) is 4.86. The summed E-state index contributed by atoms with van der Waals surface area (Å²) in [5.41, 5.74) is 0.876. The van der Waals surface area contributed by atoms with E-state index in [0.29, 0.717) is 13.0 Å². The van der Waals surface area contributed by atoms with E-state index in [2.05, 4.69) is 15.4 Å². The largest absolute Gasteiger partial charge is 0.325 e. The van der Waals surface area contributed by atoms with Crippen LogP contribution in [0.3, 0.4) is 0 Å². The zero-order valence-electron chi connectivity index (χ0n) is 10.7. The van der Waals surface area contributed by atoms with Crippen LogP contribution in [0.1, 0.15) is 12.8 Å². The monoisotopic (exact) mass is 276 g/mol. The molecule has 0 spiro atoms. The fourth-order valence-corrected chi connectivity index (χ4v) is 2.26. The van der Waals surface area contributed by atoms with Crippen molar-refractivity contribution in [2.24, 2.45) is 0 Å². The lowest BCUT2D eigenvalue weighted by molar-refractivity contribution is -0.116. The highest BCUT2D eigenvalue weighted by atomic mass is 32.2. The molecule has 1 heterocycles. The van der Waals surface area contributed by atoms with Crippen LogP contribution in [-0.2, 0) is 11.3 Å². The van der Waals surface area contributed by atoms with E-state index in [-0.39, 0.29) is 5.91 Å². The van der Waals surface area contributed by atoms with E-state index in [0.717, 1.165) is 17.0 Å². The minimum Gasteiger partial charge on any atom is -0.325 e. The van der Waals surface area contributed by atoms with E-state index >= 15 is 0 Å². The van der Waals surface area contributed by atoms with Crippen LogP contribution in [0.25, 0.3) is 0 Å². The lowest BCUT2D eigenvalue weighted by Gasteiger charge is -2.09. The van der Waals surface area contributed by atoms with E-state index < -0.39 is 0 Å². The number of amides is 1. The first-order valence-electron chi connectivity index (χ1n) is 6.05. The van der Waals surface area contributed by atoms with Crippen LogP contribution in [0.2, 0.25) is 0 Å². The highest BCUT2D eigenvalue weighted by Gasteiger charge is 2.05. The Morgan fingerprint density at radius 1 is 1.42 bits per heavy atom. The molecular weight excluding hydrogens is 260 g/mol. The average Bonchev–Trinajstić information content (AvgIpc) is 2.92. The molecule has 0 fully saturated rings. The van der Waals surface area contributed by atoms with Gasteiger partial charge in [-0.05, 0) is 24.8 Å². The van der Waals surface area contributed by atoms with Gasteiger partial charge in [-0.1, -0.05) is 12.1 Å². The Kier molecular flexibility index (Phi) is 4.97. The molecule has 19 heavy (non-hydrogen) atoms. The maximum absolute atomic E-state index is 11.8. The van der Waals surface area contributed by atoms with Crippen molar-refractivity contribution in [2.45, 2.75) is 24.3 Å². The lowest BCUT2D eigenvalue weighted by Crippen LogP contribution is -2.13. The first kappa shape index (κ1) is 13.6. The van der Waals surface area contributed by atoms with E-state index in [1.807, 2.05) is 30.5 Å². The third kappa shape index (κ3) is 4.10. The number of thioether (sulfide) groups is 1. The summed E-state index contributed by atoms with van der Waals surface area (Å²) in [6.07, 6.45) is 6.37. The van der Waals surface area contributed by atoms with Crippen molar-refractivity contribution in [3.05, 3.63) is 36.9 Å². The van der Waals surface area contributed by atoms with Gasteiger partial charge in [-0.25, -0.2) is 4.98 Å². The van der Waals surface area contributed by atoms with Gasteiger partial charge in [0.2, 0.25) is 5.91 Å². The number of hydrogen-bond acceptors (Lipinski definition) is 4. The van der Waals surface area contributed by atoms with Crippen molar-refractivity contribution < 1.29 is 4.79 Å². The lowest BCUT2D eigenvalue weighted by atomic mass is 10.2. The number of nitrogens with zero attached hydrogens (tertiary/aromatic N) is 3. The minimum absolute atomic E-state index is 0.0293. The summed E-state index contributed by atoms with van der Waals surface area (Å²) in [6, 6.07) is 7.80. The Labute approximate surface area is 116 Å². The fourth-order valence-electron chi connectivity index (χ4n) is 1.71. The van der Waals surface area contributed by atoms with Gasteiger partial charge in [0.25, 0.3) is 0 Å². The summed E-state index contributed by atoms with van der Waals surface area (Å²) in [4.78, 5) is 16.8. The number of benzene rings is 1. The normalized spacial score (nSPS) is 10.4. The Morgan fingerprint density at radius 2 is 2.26 bits per heavy atom. The maximum Gasteiger partial charge on any atom is 0.224 e. The maximum atomic E-state index is 11.8. The molecular formula is C13H16N4OS. The molecule has 1 amide bonds. The molecule has 1 aromatic heterocycles. The summed E-state index contributed by atoms with van der Waals surface area (Å²) in [5, 5.41) is 6.93. The SMILES string of the molecule is CSc1ccccc1NC(=O)CCCn1cncn1. The van der Waals surface area contributed by atoms with Crippen molar-refractivity contribution in [3.8, 4) is 0 Å². The van der Waals surface area contributed by atoms with E-state index in [1.165, 1.54) is 6.33 Å². The predicted molar refractivity (Wildman–Crippen MR) is 76.1 cm³/mol. The Balaban J connectivity index is 1.80. The van der Waals surface area contributed by atoms with Crippen molar-refractivity contribution in [2.75, 3.05) is 11.6 Å². The smallest absolute Gasteiger partial charge is 0.224 e. The standard InChI is InChI=1S/C13H16N4OS/c1-19-12-6-3-2-5-11(12)16-13(18)7-4-8-17-10-14-9-15-17/h2-3,5-6,9-10H,4,7-8H2,1H3,(H,16,18). The molecule has 2 aromatic rings. The summed E-state index contributed by atoms with van der Waals surface area (Å²) >= 11 is 1.62. The predicted octanol–water partition coefficient (Wildman–Crippen LogP) is 2.42. The van der Waals surface area contributed by atoms with Crippen molar-refractivity contribution in [3.63, 3.8) is 0 Å². The first-order valence-corrected chi connectivity index (χ1v) is 7.27. The second-order valence-electron chi connectivity index (χ2n) is 4.01. The van der Waals surface area contributed by atoms with Gasteiger partial charge >= 0.3 is 0 Å². The molecule has 1 aromatic carbocycles. The third-order valence-corrected chi connectivity index (χ3v) is 3.43. The molecule has 2 rings (SSSR count). The van der Waals surface area contributed by atoms with Crippen LogP contribution in [-0.4, -0.2) is 26.9 Å². The van der Waals surface area contributed by atoms with Gasteiger partial charge in [0.15, 0.2) is 0 Å². The number of aryl methyl sites for hydroxylation is 1. The summed E-state index contributed by atoms with van der Waals surface area (Å²) < 4.78 is 1.73. The van der Waals surface area contributed by atoms with Gasteiger partial charge < -0.3 is 5.32 Å². The summed E-state index contributed by atoms with van der Waals surface area (Å²) in [7, 11) is 0. The number of aromatic nitrogens is 3. The molecule has 0 atom stereocenters. The molecule has 0 aliphatic carbocycles. The average molecular weight is 276 g/mol. The highest BCUT2D eigenvalue weighted by molar-refractivity contribution is 7.98. The van der Waals surface area contributed by atoms with Crippen LogP contribution in [0.4, 0.5) is 5.69 Å². The number of rotatable bonds is 6.